The molecule has 0 saturated heterocycles. The minimum Gasteiger partial charge on any atom is -0.497 e. The Morgan fingerprint density at radius 3 is 2.17 bits per heavy atom. The van der Waals surface area contributed by atoms with Crippen molar-refractivity contribution in [2.75, 3.05) is 7.11 Å². The summed E-state index contributed by atoms with van der Waals surface area (Å²) in [5, 5.41) is 0. The van der Waals surface area contributed by atoms with Gasteiger partial charge in [-0.25, -0.2) is 0 Å². The molecule has 0 aromatic rings. The van der Waals surface area contributed by atoms with Crippen molar-refractivity contribution in [1.82, 2.24) is 0 Å². The smallest absolute Gasteiger partial charge is 0.120 e. The molecular formula is C11H20O. The van der Waals surface area contributed by atoms with E-state index in [-0.39, 0.29) is 0 Å². The Morgan fingerprint density at radius 2 is 1.83 bits per heavy atom. The molecule has 0 spiro atoms. The summed E-state index contributed by atoms with van der Waals surface area (Å²) >= 11 is 0. The van der Waals surface area contributed by atoms with Crippen molar-refractivity contribution in [2.45, 2.75) is 40.0 Å². The molecule has 0 saturated carbocycles. The third-order valence-electron chi connectivity index (χ3n) is 1.94. The second-order valence-electron chi connectivity index (χ2n) is 2.77. The predicted molar refractivity (Wildman–Crippen MR) is 54.0 cm³/mol. The quantitative estimate of drug-likeness (QED) is 0.580. The Bertz CT molecular complexity index is 177. The van der Waals surface area contributed by atoms with Crippen molar-refractivity contribution in [3.63, 3.8) is 0 Å². The largest absolute Gasteiger partial charge is 0.497 e. The molecule has 0 aliphatic heterocycles. The van der Waals surface area contributed by atoms with E-state index in [1.165, 1.54) is 18.4 Å². The molecule has 0 radical (unpaired) electrons. The molecule has 0 N–H and O–H groups in total. The maximum atomic E-state index is 5.20. The molecule has 0 aromatic carbocycles. The molecule has 0 atom stereocenters. The molecule has 0 bridgehead atoms. The highest BCUT2D eigenvalue weighted by molar-refractivity contribution is 5.30. The van der Waals surface area contributed by atoms with Crippen LogP contribution in [0.3, 0.4) is 0 Å². The Labute approximate surface area is 76.1 Å². The lowest BCUT2D eigenvalue weighted by Gasteiger charge is -2.18. The zero-order chi connectivity index (χ0) is 9.56. The van der Waals surface area contributed by atoms with Gasteiger partial charge in [0.25, 0.3) is 0 Å². The van der Waals surface area contributed by atoms with E-state index in [1.807, 2.05) is 13.8 Å². The van der Waals surface area contributed by atoms with Gasteiger partial charge in [-0.15, -0.1) is 0 Å². The van der Waals surface area contributed by atoms with Gasteiger partial charge in [0.1, 0.15) is 5.76 Å². The number of hydrogen-bond donors (Lipinski definition) is 0. The summed E-state index contributed by atoms with van der Waals surface area (Å²) in [6.07, 6.45) is 3.50. The van der Waals surface area contributed by atoms with Crippen LogP contribution < -0.4 is 0 Å². The van der Waals surface area contributed by atoms with Gasteiger partial charge in [0.15, 0.2) is 0 Å². The minimum absolute atomic E-state index is 1.03. The topological polar surface area (TPSA) is 9.23 Å². The Hall–Kier alpha value is -0.720. The second-order valence-corrected chi connectivity index (χ2v) is 2.77. The van der Waals surface area contributed by atoms with E-state index in [2.05, 4.69) is 13.5 Å². The first-order valence-electron chi connectivity index (χ1n) is 4.67. The highest BCUT2D eigenvalue weighted by Gasteiger charge is 2.12. The fraction of sp³-hybridized carbons (Fsp3) is 0.636. The molecule has 0 amide bonds. The van der Waals surface area contributed by atoms with E-state index in [4.69, 9.17) is 4.74 Å². The average molecular weight is 168 g/mol. The zero-order valence-electron chi connectivity index (χ0n) is 8.74. The highest BCUT2D eigenvalue weighted by atomic mass is 16.5. The van der Waals surface area contributed by atoms with Crippen LogP contribution in [-0.2, 0) is 4.74 Å². The van der Waals surface area contributed by atoms with E-state index in [9.17, 15) is 0 Å². The minimum atomic E-state index is 1.03. The Balaban J connectivity index is 0.000000561. The first-order chi connectivity index (χ1) is 5.75. The summed E-state index contributed by atoms with van der Waals surface area (Å²) in [7, 11) is 1.72. The summed E-state index contributed by atoms with van der Waals surface area (Å²) in [6.45, 7) is 10.0. The number of methoxy groups -OCH3 is 1. The lowest BCUT2D eigenvalue weighted by molar-refractivity contribution is 0.287. The van der Waals surface area contributed by atoms with Crippen LogP contribution in [0.4, 0.5) is 0 Å². The highest BCUT2D eigenvalue weighted by Crippen LogP contribution is 2.27. The Kier molecular flexibility index (Phi) is 5.52. The first kappa shape index (κ1) is 11.3. The van der Waals surface area contributed by atoms with Crippen LogP contribution in [0.15, 0.2) is 23.5 Å². The maximum absolute atomic E-state index is 5.20. The van der Waals surface area contributed by atoms with Gasteiger partial charge in [0.05, 0.1) is 7.11 Å². The third-order valence-corrected chi connectivity index (χ3v) is 1.94. The van der Waals surface area contributed by atoms with Crippen LogP contribution in [0.2, 0.25) is 0 Å². The number of hydrogen-bond acceptors (Lipinski definition) is 1. The average Bonchev–Trinajstić information content (AvgIpc) is 2.08. The third kappa shape index (κ3) is 2.72. The van der Waals surface area contributed by atoms with E-state index in [0.717, 1.165) is 17.8 Å². The molecule has 1 heteroatoms. The summed E-state index contributed by atoms with van der Waals surface area (Å²) in [6, 6.07) is 0. The molecule has 1 aliphatic rings. The normalized spacial score (nSPS) is 16.8. The van der Waals surface area contributed by atoms with Crippen molar-refractivity contribution in [1.29, 1.82) is 0 Å². The fourth-order valence-corrected chi connectivity index (χ4v) is 1.41. The molecule has 0 unspecified atom stereocenters. The SMILES string of the molecule is C=C1CCCC(C)=C1OC.CC. The maximum Gasteiger partial charge on any atom is 0.120 e. The molecule has 0 fully saturated rings. The van der Waals surface area contributed by atoms with E-state index >= 15 is 0 Å². The van der Waals surface area contributed by atoms with Crippen LogP contribution >= 0.6 is 0 Å². The van der Waals surface area contributed by atoms with Crippen molar-refractivity contribution < 1.29 is 4.74 Å². The number of ether oxygens (including phenoxy) is 1. The first-order valence-corrected chi connectivity index (χ1v) is 4.67. The molecule has 70 valence electrons. The molecule has 0 heterocycles. The van der Waals surface area contributed by atoms with E-state index in [1.54, 1.807) is 7.11 Å². The van der Waals surface area contributed by atoms with Crippen LogP contribution in [0.5, 0.6) is 0 Å². The van der Waals surface area contributed by atoms with Crippen molar-refractivity contribution >= 4 is 0 Å². The second kappa shape index (κ2) is 5.87. The van der Waals surface area contributed by atoms with Gasteiger partial charge in [-0.3, -0.25) is 0 Å². The zero-order valence-corrected chi connectivity index (χ0v) is 8.74. The summed E-state index contributed by atoms with van der Waals surface area (Å²) < 4.78 is 5.20. The van der Waals surface area contributed by atoms with E-state index in [0.29, 0.717) is 0 Å². The van der Waals surface area contributed by atoms with Gasteiger partial charge in [0, 0.05) is 0 Å². The van der Waals surface area contributed by atoms with Gasteiger partial charge in [-0.1, -0.05) is 20.4 Å². The van der Waals surface area contributed by atoms with Gasteiger partial charge in [-0.2, -0.15) is 0 Å². The molecular weight excluding hydrogens is 148 g/mol. The standard InChI is InChI=1S/C9H14O.C2H6/c1-7-5-4-6-8(2)9(7)10-3;1-2/h1,4-6H2,2-3H3;1-2H3. The van der Waals surface area contributed by atoms with Gasteiger partial charge < -0.3 is 4.74 Å². The lowest BCUT2D eigenvalue weighted by atomic mass is 9.95. The molecule has 12 heavy (non-hydrogen) atoms. The lowest BCUT2D eigenvalue weighted by Crippen LogP contribution is -2.01. The van der Waals surface area contributed by atoms with Crippen LogP contribution in [-0.4, -0.2) is 7.11 Å². The van der Waals surface area contributed by atoms with Crippen LogP contribution in [0.1, 0.15) is 40.0 Å². The molecule has 0 aromatic heterocycles. The van der Waals surface area contributed by atoms with Gasteiger partial charge >= 0.3 is 0 Å². The Morgan fingerprint density at radius 1 is 1.25 bits per heavy atom. The van der Waals surface area contributed by atoms with Gasteiger partial charge in [0.2, 0.25) is 0 Å². The predicted octanol–water partition coefficient (Wildman–Crippen LogP) is 3.67. The summed E-state index contributed by atoms with van der Waals surface area (Å²) in [4.78, 5) is 0. The van der Waals surface area contributed by atoms with Crippen molar-refractivity contribution in [3.05, 3.63) is 23.5 Å². The van der Waals surface area contributed by atoms with E-state index < -0.39 is 0 Å². The fourth-order valence-electron chi connectivity index (χ4n) is 1.41. The number of allylic oxidation sites excluding steroid dienone is 2. The molecule has 1 aliphatic carbocycles. The van der Waals surface area contributed by atoms with Crippen molar-refractivity contribution in [2.24, 2.45) is 0 Å². The molecule has 1 nitrogen and oxygen atoms in total. The number of rotatable bonds is 1. The van der Waals surface area contributed by atoms with Gasteiger partial charge in [-0.05, 0) is 37.3 Å². The summed E-state index contributed by atoms with van der Waals surface area (Å²) in [5.41, 5.74) is 2.50. The van der Waals surface area contributed by atoms with Crippen LogP contribution in [0, 0.1) is 0 Å². The monoisotopic (exact) mass is 168 g/mol. The molecule has 1 rings (SSSR count). The summed E-state index contributed by atoms with van der Waals surface area (Å²) in [5.74, 6) is 1.03. The van der Waals surface area contributed by atoms with Crippen LogP contribution in [0.25, 0.3) is 0 Å². The van der Waals surface area contributed by atoms with Crippen molar-refractivity contribution in [3.8, 4) is 0 Å².